The lowest BCUT2D eigenvalue weighted by Crippen LogP contribution is -2.59. The Hall–Kier alpha value is -1.92. The van der Waals surface area contributed by atoms with E-state index in [1.165, 1.54) is 6.42 Å². The minimum atomic E-state index is 0.150. The Balaban J connectivity index is 1.37. The summed E-state index contributed by atoms with van der Waals surface area (Å²) >= 11 is 0. The number of amides is 1. The van der Waals surface area contributed by atoms with E-state index in [4.69, 9.17) is 4.74 Å². The van der Waals surface area contributed by atoms with Crippen LogP contribution in [0.4, 0.5) is 0 Å². The van der Waals surface area contributed by atoms with Crippen LogP contribution in [0.2, 0.25) is 0 Å². The molecule has 144 valence electrons. The number of likely N-dealkylation sites (tertiary alicyclic amines) is 1. The second kappa shape index (κ2) is 6.04. The van der Waals surface area contributed by atoms with Crippen molar-refractivity contribution in [2.75, 3.05) is 45.9 Å². The molecule has 3 fully saturated rings. The minimum Gasteiger partial charge on any atom is -0.379 e. The van der Waals surface area contributed by atoms with Crippen LogP contribution < -0.4 is 0 Å². The molecule has 2 saturated heterocycles. The van der Waals surface area contributed by atoms with Crippen molar-refractivity contribution in [1.82, 2.24) is 19.2 Å². The Morgan fingerprint density at radius 3 is 2.89 bits per heavy atom. The number of carbonyl (C=O) groups is 1. The molecular formula is C21H28N4O2. The van der Waals surface area contributed by atoms with Gasteiger partial charge in [-0.1, -0.05) is 13.8 Å². The van der Waals surface area contributed by atoms with Gasteiger partial charge in [-0.3, -0.25) is 9.69 Å². The third kappa shape index (κ3) is 2.77. The van der Waals surface area contributed by atoms with Gasteiger partial charge in [0.05, 0.1) is 18.8 Å². The van der Waals surface area contributed by atoms with Crippen molar-refractivity contribution in [3.05, 3.63) is 36.3 Å². The molecule has 2 atom stereocenters. The third-order valence-electron chi connectivity index (χ3n) is 6.96. The summed E-state index contributed by atoms with van der Waals surface area (Å²) in [6.07, 6.45) is 6.76. The molecule has 0 unspecified atom stereocenters. The Bertz CT molecular complexity index is 870. The maximum Gasteiger partial charge on any atom is 0.255 e. The van der Waals surface area contributed by atoms with Gasteiger partial charge in [-0.05, 0) is 29.9 Å². The highest BCUT2D eigenvalue weighted by molar-refractivity contribution is 5.94. The van der Waals surface area contributed by atoms with Gasteiger partial charge in [0.25, 0.3) is 5.91 Å². The zero-order valence-corrected chi connectivity index (χ0v) is 16.2. The Morgan fingerprint density at radius 2 is 2.11 bits per heavy atom. The summed E-state index contributed by atoms with van der Waals surface area (Å²) in [5.41, 5.74) is 2.18. The van der Waals surface area contributed by atoms with Crippen LogP contribution in [0, 0.1) is 16.7 Å². The summed E-state index contributed by atoms with van der Waals surface area (Å²) in [6.45, 7) is 11.3. The average molecular weight is 368 g/mol. The topological polar surface area (TPSA) is 50.1 Å². The van der Waals surface area contributed by atoms with Crippen molar-refractivity contribution >= 4 is 11.6 Å². The summed E-state index contributed by atoms with van der Waals surface area (Å²) in [5.74, 6) is 0.728. The van der Waals surface area contributed by atoms with Gasteiger partial charge in [-0.15, -0.1) is 0 Å². The Kier molecular flexibility index (Phi) is 3.85. The first-order valence-corrected chi connectivity index (χ1v) is 9.99. The van der Waals surface area contributed by atoms with E-state index in [-0.39, 0.29) is 11.3 Å². The van der Waals surface area contributed by atoms with Crippen molar-refractivity contribution in [3.63, 3.8) is 0 Å². The van der Waals surface area contributed by atoms with Crippen molar-refractivity contribution < 1.29 is 9.53 Å². The Morgan fingerprint density at radius 1 is 1.30 bits per heavy atom. The number of rotatable bonds is 3. The van der Waals surface area contributed by atoms with E-state index in [2.05, 4.69) is 28.6 Å². The number of ether oxygens (including phenoxy) is 1. The lowest BCUT2D eigenvalue weighted by atomic mass is 9.48. The highest BCUT2D eigenvalue weighted by Gasteiger charge is 2.63. The third-order valence-corrected chi connectivity index (χ3v) is 6.96. The standard InChI is InChI=1S/C21H28N4O2/c1-20(2)13-21(14-23-7-9-27-10-8-23)15-25(12-17(20)21)19(26)16-3-4-18-22-5-6-24(18)11-16/h3-6,11,17H,7-10,12-15H2,1-2H3/t17-,21+/m1/s1. The van der Waals surface area contributed by atoms with Crippen LogP contribution in [-0.4, -0.2) is 71.0 Å². The molecule has 1 amide bonds. The van der Waals surface area contributed by atoms with Gasteiger partial charge in [0.15, 0.2) is 0 Å². The molecular weight excluding hydrogens is 340 g/mol. The summed E-state index contributed by atoms with van der Waals surface area (Å²) < 4.78 is 7.44. The summed E-state index contributed by atoms with van der Waals surface area (Å²) in [7, 11) is 0. The van der Waals surface area contributed by atoms with Crippen LogP contribution in [0.15, 0.2) is 30.7 Å². The number of hydrogen-bond acceptors (Lipinski definition) is 4. The van der Waals surface area contributed by atoms with Gasteiger partial charge < -0.3 is 14.0 Å². The van der Waals surface area contributed by atoms with Gasteiger partial charge in [-0.25, -0.2) is 4.98 Å². The van der Waals surface area contributed by atoms with E-state index >= 15 is 0 Å². The summed E-state index contributed by atoms with van der Waals surface area (Å²) in [4.78, 5) is 22.1. The maximum atomic E-state index is 13.2. The summed E-state index contributed by atoms with van der Waals surface area (Å²) in [6, 6.07) is 3.83. The zero-order chi connectivity index (χ0) is 18.6. The molecule has 2 aromatic heterocycles. The molecule has 3 aliphatic rings. The van der Waals surface area contributed by atoms with Crippen LogP contribution in [0.5, 0.6) is 0 Å². The number of imidazole rings is 1. The number of pyridine rings is 1. The van der Waals surface area contributed by atoms with Crippen LogP contribution >= 0.6 is 0 Å². The molecule has 27 heavy (non-hydrogen) atoms. The molecule has 6 heteroatoms. The smallest absolute Gasteiger partial charge is 0.255 e. The number of aromatic nitrogens is 2. The van der Waals surface area contributed by atoms with Crippen LogP contribution in [-0.2, 0) is 4.74 Å². The van der Waals surface area contributed by atoms with Gasteiger partial charge in [-0.2, -0.15) is 0 Å². The first kappa shape index (κ1) is 17.2. The van der Waals surface area contributed by atoms with Gasteiger partial charge in [0, 0.05) is 56.7 Å². The average Bonchev–Trinajstić information content (AvgIpc) is 3.24. The molecule has 0 radical (unpaired) electrons. The number of carbonyl (C=O) groups excluding carboxylic acids is 1. The van der Waals surface area contributed by atoms with Gasteiger partial charge in [0.1, 0.15) is 5.65 Å². The van der Waals surface area contributed by atoms with Gasteiger partial charge in [0.2, 0.25) is 0 Å². The van der Waals surface area contributed by atoms with Crippen molar-refractivity contribution in [3.8, 4) is 0 Å². The largest absolute Gasteiger partial charge is 0.379 e. The Labute approximate surface area is 160 Å². The molecule has 0 bridgehead atoms. The van der Waals surface area contributed by atoms with E-state index < -0.39 is 0 Å². The molecule has 6 nitrogen and oxygen atoms in total. The number of fused-ring (bicyclic) bond motifs is 2. The molecule has 5 rings (SSSR count). The fourth-order valence-corrected chi connectivity index (χ4v) is 5.93. The predicted molar refractivity (Wildman–Crippen MR) is 103 cm³/mol. The summed E-state index contributed by atoms with van der Waals surface area (Å²) in [5, 5.41) is 0. The zero-order valence-electron chi connectivity index (χ0n) is 16.2. The van der Waals surface area contributed by atoms with Crippen molar-refractivity contribution in [2.24, 2.45) is 16.7 Å². The van der Waals surface area contributed by atoms with E-state index in [1.807, 2.05) is 28.9 Å². The highest BCUT2D eigenvalue weighted by atomic mass is 16.5. The lowest BCUT2D eigenvalue weighted by molar-refractivity contribution is -0.0966. The first-order valence-electron chi connectivity index (χ1n) is 9.99. The van der Waals surface area contributed by atoms with E-state index in [1.54, 1.807) is 6.20 Å². The van der Waals surface area contributed by atoms with Crippen molar-refractivity contribution in [2.45, 2.75) is 20.3 Å². The molecule has 1 aliphatic carbocycles. The lowest BCUT2D eigenvalue weighted by Gasteiger charge is -2.58. The highest BCUT2D eigenvalue weighted by Crippen LogP contribution is 2.63. The van der Waals surface area contributed by atoms with Crippen LogP contribution in [0.25, 0.3) is 5.65 Å². The second-order valence-electron chi connectivity index (χ2n) is 9.26. The van der Waals surface area contributed by atoms with Crippen LogP contribution in [0.1, 0.15) is 30.6 Å². The molecule has 0 spiro atoms. The normalized spacial score (nSPS) is 30.3. The van der Waals surface area contributed by atoms with Gasteiger partial charge >= 0.3 is 0 Å². The molecule has 0 aromatic carbocycles. The fourth-order valence-electron chi connectivity index (χ4n) is 5.93. The second-order valence-corrected chi connectivity index (χ2v) is 9.26. The fraction of sp³-hybridized carbons (Fsp3) is 0.619. The monoisotopic (exact) mass is 368 g/mol. The van der Waals surface area contributed by atoms with Crippen LogP contribution in [0.3, 0.4) is 0 Å². The predicted octanol–water partition coefficient (Wildman–Crippen LogP) is 2.15. The van der Waals surface area contributed by atoms with E-state index in [0.717, 1.165) is 57.1 Å². The molecule has 2 aliphatic heterocycles. The molecule has 2 aromatic rings. The van der Waals surface area contributed by atoms with E-state index in [9.17, 15) is 4.79 Å². The number of nitrogens with zero attached hydrogens (tertiary/aromatic N) is 4. The molecule has 4 heterocycles. The SMILES string of the molecule is CC1(C)C[C@]2(CN3CCOCC3)CN(C(=O)c3ccc4nccn4c3)C[C@H]12. The number of hydrogen-bond donors (Lipinski definition) is 0. The molecule has 0 N–H and O–H groups in total. The maximum absolute atomic E-state index is 13.2. The number of morpholine rings is 1. The minimum absolute atomic E-state index is 0.150. The molecule has 1 saturated carbocycles. The van der Waals surface area contributed by atoms with E-state index in [0.29, 0.717) is 11.3 Å². The van der Waals surface area contributed by atoms with Crippen molar-refractivity contribution in [1.29, 1.82) is 0 Å². The first-order chi connectivity index (χ1) is 13.0. The quantitative estimate of drug-likeness (QED) is 0.833.